The Morgan fingerprint density at radius 3 is 2.72 bits per heavy atom. The maximum atomic E-state index is 6.28. The van der Waals surface area contributed by atoms with Crippen LogP contribution in [0.2, 0.25) is 5.02 Å². The fraction of sp³-hybridized carbons (Fsp3) is 0.462. The maximum absolute atomic E-state index is 6.28. The summed E-state index contributed by atoms with van der Waals surface area (Å²) in [4.78, 5) is 7.01. The average Bonchev–Trinajstić information content (AvgIpc) is 2.69. The minimum atomic E-state index is 0.738. The van der Waals surface area contributed by atoms with Gasteiger partial charge in [-0.3, -0.25) is 0 Å². The van der Waals surface area contributed by atoms with Crippen LogP contribution in [0.25, 0.3) is 11.0 Å². The number of fused-ring (bicyclic) bond motifs is 1. The monoisotopic (exact) mass is 264 g/mol. The van der Waals surface area contributed by atoms with Crippen molar-refractivity contribution in [1.29, 1.82) is 0 Å². The van der Waals surface area contributed by atoms with E-state index in [1.54, 1.807) is 0 Å². The van der Waals surface area contributed by atoms with Crippen LogP contribution in [-0.2, 0) is 7.05 Å². The minimum absolute atomic E-state index is 0.738. The highest BCUT2D eigenvalue weighted by Crippen LogP contribution is 2.28. The van der Waals surface area contributed by atoms with Gasteiger partial charge in [-0.05, 0) is 24.6 Å². The molecule has 0 saturated carbocycles. The standard InChI is InChI=1S/C13H17ClN4/c1-9-7-10(14)12-11(8-9)17(2)13(16-12)18-5-3-15-4-6-18/h7-8,15H,3-6H2,1-2H3. The van der Waals surface area contributed by atoms with Gasteiger partial charge in [0.25, 0.3) is 0 Å². The molecule has 18 heavy (non-hydrogen) atoms. The minimum Gasteiger partial charge on any atom is -0.340 e. The van der Waals surface area contributed by atoms with Crippen molar-refractivity contribution < 1.29 is 0 Å². The second-order valence-corrected chi connectivity index (χ2v) is 5.23. The Morgan fingerprint density at radius 2 is 2.00 bits per heavy atom. The van der Waals surface area contributed by atoms with Gasteiger partial charge in [-0.2, -0.15) is 0 Å². The van der Waals surface area contributed by atoms with Gasteiger partial charge in [0.1, 0.15) is 5.52 Å². The summed E-state index contributed by atoms with van der Waals surface area (Å²) in [7, 11) is 2.06. The van der Waals surface area contributed by atoms with Crippen molar-refractivity contribution in [2.24, 2.45) is 7.05 Å². The normalized spacial score (nSPS) is 16.5. The molecule has 2 heterocycles. The van der Waals surface area contributed by atoms with Crippen molar-refractivity contribution in [3.8, 4) is 0 Å². The summed E-state index contributed by atoms with van der Waals surface area (Å²) in [5, 5.41) is 4.09. The first kappa shape index (κ1) is 11.8. The summed E-state index contributed by atoms with van der Waals surface area (Å²) < 4.78 is 2.14. The smallest absolute Gasteiger partial charge is 0.206 e. The Morgan fingerprint density at radius 1 is 1.28 bits per heavy atom. The number of hydrogen-bond donors (Lipinski definition) is 1. The van der Waals surface area contributed by atoms with E-state index in [4.69, 9.17) is 16.6 Å². The quantitative estimate of drug-likeness (QED) is 0.855. The molecule has 0 amide bonds. The van der Waals surface area contributed by atoms with E-state index >= 15 is 0 Å². The molecule has 5 heteroatoms. The van der Waals surface area contributed by atoms with Crippen molar-refractivity contribution >= 4 is 28.6 Å². The van der Waals surface area contributed by atoms with Gasteiger partial charge in [-0.15, -0.1) is 0 Å². The third-order valence-electron chi connectivity index (χ3n) is 3.46. The van der Waals surface area contributed by atoms with Gasteiger partial charge in [0.05, 0.1) is 10.5 Å². The van der Waals surface area contributed by atoms with Crippen molar-refractivity contribution in [2.45, 2.75) is 6.92 Å². The summed E-state index contributed by atoms with van der Waals surface area (Å²) in [6, 6.07) is 4.11. The first-order chi connectivity index (χ1) is 8.66. The van der Waals surface area contributed by atoms with Gasteiger partial charge in [0.2, 0.25) is 5.95 Å². The second-order valence-electron chi connectivity index (χ2n) is 4.82. The fourth-order valence-corrected chi connectivity index (χ4v) is 2.82. The number of hydrogen-bond acceptors (Lipinski definition) is 3. The molecule has 96 valence electrons. The molecule has 1 aromatic carbocycles. The molecule has 0 aliphatic carbocycles. The predicted octanol–water partition coefficient (Wildman–Crippen LogP) is 1.94. The lowest BCUT2D eigenvalue weighted by Gasteiger charge is -2.28. The number of halogens is 1. The number of nitrogens with zero attached hydrogens (tertiary/aromatic N) is 3. The molecule has 0 spiro atoms. The summed E-state index contributed by atoms with van der Waals surface area (Å²) in [5.41, 5.74) is 3.18. The number of aromatic nitrogens is 2. The Bertz CT molecular complexity index is 584. The highest BCUT2D eigenvalue weighted by Gasteiger charge is 2.18. The molecule has 3 rings (SSSR count). The number of anilines is 1. The molecule has 0 bridgehead atoms. The molecular weight excluding hydrogens is 248 g/mol. The van der Waals surface area contributed by atoms with Crippen LogP contribution in [-0.4, -0.2) is 35.7 Å². The molecule has 0 unspecified atom stereocenters. The number of benzene rings is 1. The Balaban J connectivity index is 2.13. The van der Waals surface area contributed by atoms with Crippen molar-refractivity contribution in [3.05, 3.63) is 22.7 Å². The molecule has 0 atom stereocenters. The van der Waals surface area contributed by atoms with Crippen LogP contribution in [0, 0.1) is 6.92 Å². The topological polar surface area (TPSA) is 33.1 Å². The molecule has 1 fully saturated rings. The van der Waals surface area contributed by atoms with E-state index in [2.05, 4.69) is 34.8 Å². The van der Waals surface area contributed by atoms with Crippen LogP contribution in [0.1, 0.15) is 5.56 Å². The van der Waals surface area contributed by atoms with Crippen molar-refractivity contribution in [1.82, 2.24) is 14.9 Å². The molecule has 2 aromatic rings. The van der Waals surface area contributed by atoms with E-state index in [1.807, 2.05) is 6.07 Å². The molecule has 1 aliphatic rings. The number of imidazole rings is 1. The lowest BCUT2D eigenvalue weighted by atomic mass is 10.2. The van der Waals surface area contributed by atoms with Gasteiger partial charge in [0, 0.05) is 33.2 Å². The van der Waals surface area contributed by atoms with Crippen molar-refractivity contribution in [3.63, 3.8) is 0 Å². The third-order valence-corrected chi connectivity index (χ3v) is 3.75. The van der Waals surface area contributed by atoms with Crippen LogP contribution in [0.15, 0.2) is 12.1 Å². The van der Waals surface area contributed by atoms with E-state index in [0.717, 1.165) is 48.2 Å². The molecule has 4 nitrogen and oxygen atoms in total. The molecular formula is C13H17ClN4. The number of piperazine rings is 1. The van der Waals surface area contributed by atoms with Gasteiger partial charge in [0.15, 0.2) is 0 Å². The summed E-state index contributed by atoms with van der Waals surface area (Å²) in [6.07, 6.45) is 0. The van der Waals surface area contributed by atoms with Gasteiger partial charge in [-0.1, -0.05) is 11.6 Å². The van der Waals surface area contributed by atoms with Crippen LogP contribution in [0.4, 0.5) is 5.95 Å². The van der Waals surface area contributed by atoms with E-state index in [0.29, 0.717) is 0 Å². The van der Waals surface area contributed by atoms with Crippen LogP contribution in [0.5, 0.6) is 0 Å². The van der Waals surface area contributed by atoms with E-state index in [-0.39, 0.29) is 0 Å². The Labute approximate surface area is 112 Å². The van der Waals surface area contributed by atoms with Gasteiger partial charge >= 0.3 is 0 Å². The van der Waals surface area contributed by atoms with Gasteiger partial charge < -0.3 is 14.8 Å². The Hall–Kier alpha value is -1.26. The Kier molecular flexibility index (Phi) is 2.92. The van der Waals surface area contributed by atoms with E-state index in [1.165, 1.54) is 5.56 Å². The molecule has 1 N–H and O–H groups in total. The summed E-state index contributed by atoms with van der Waals surface area (Å²) >= 11 is 6.28. The van der Waals surface area contributed by atoms with Crippen LogP contribution < -0.4 is 10.2 Å². The summed E-state index contributed by atoms with van der Waals surface area (Å²) in [5.74, 6) is 1.01. The summed E-state index contributed by atoms with van der Waals surface area (Å²) in [6.45, 7) is 6.07. The molecule has 1 aliphatic heterocycles. The average molecular weight is 265 g/mol. The zero-order valence-corrected chi connectivity index (χ0v) is 11.5. The maximum Gasteiger partial charge on any atom is 0.206 e. The SMILES string of the molecule is Cc1cc(Cl)c2nc(N3CCNCC3)n(C)c2c1. The molecule has 1 saturated heterocycles. The first-order valence-electron chi connectivity index (χ1n) is 6.25. The number of nitrogens with one attached hydrogen (secondary N) is 1. The van der Waals surface area contributed by atoms with Gasteiger partial charge in [-0.25, -0.2) is 4.98 Å². The fourth-order valence-electron chi connectivity index (χ4n) is 2.51. The number of aryl methyl sites for hydroxylation is 2. The van der Waals surface area contributed by atoms with Crippen LogP contribution in [0.3, 0.4) is 0 Å². The van der Waals surface area contributed by atoms with Crippen LogP contribution >= 0.6 is 11.6 Å². The lowest BCUT2D eigenvalue weighted by Crippen LogP contribution is -2.44. The van der Waals surface area contributed by atoms with E-state index in [9.17, 15) is 0 Å². The first-order valence-corrected chi connectivity index (χ1v) is 6.63. The van der Waals surface area contributed by atoms with E-state index < -0.39 is 0 Å². The molecule has 0 radical (unpaired) electrons. The number of rotatable bonds is 1. The lowest BCUT2D eigenvalue weighted by molar-refractivity contribution is 0.575. The zero-order chi connectivity index (χ0) is 12.7. The largest absolute Gasteiger partial charge is 0.340 e. The molecule has 1 aromatic heterocycles. The highest BCUT2D eigenvalue weighted by atomic mass is 35.5. The third kappa shape index (κ3) is 1.85. The highest BCUT2D eigenvalue weighted by molar-refractivity contribution is 6.35. The second kappa shape index (κ2) is 4.44. The zero-order valence-electron chi connectivity index (χ0n) is 10.7. The van der Waals surface area contributed by atoms with Crippen molar-refractivity contribution in [2.75, 3.05) is 31.1 Å². The predicted molar refractivity (Wildman–Crippen MR) is 75.5 cm³/mol.